The van der Waals surface area contributed by atoms with Crippen molar-refractivity contribution in [2.45, 2.75) is 18.8 Å². The highest BCUT2D eigenvalue weighted by atomic mass is 16.8. The molecule has 0 aliphatic carbocycles. The molecule has 1 N–H and O–H groups in total. The van der Waals surface area contributed by atoms with E-state index in [9.17, 15) is 9.90 Å². The predicted molar refractivity (Wildman–Crippen MR) is 52.3 cm³/mol. The Balaban J connectivity index is 2.41. The quantitative estimate of drug-likeness (QED) is 0.797. The van der Waals surface area contributed by atoms with Gasteiger partial charge in [-0.25, -0.2) is 4.79 Å². The fraction of sp³-hybridized carbons (Fsp3) is 0.364. The second kappa shape index (κ2) is 3.64. The summed E-state index contributed by atoms with van der Waals surface area (Å²) < 4.78 is 10.7. The van der Waals surface area contributed by atoms with Gasteiger partial charge in [0, 0.05) is 5.56 Å². The van der Waals surface area contributed by atoms with E-state index in [1.54, 1.807) is 31.2 Å². The summed E-state index contributed by atoms with van der Waals surface area (Å²) in [5.41, 5.74) is 0.516. The van der Waals surface area contributed by atoms with Crippen molar-refractivity contribution in [2.75, 3.05) is 6.61 Å². The van der Waals surface area contributed by atoms with E-state index in [0.717, 1.165) is 0 Å². The van der Waals surface area contributed by atoms with Crippen LogP contribution in [0.1, 0.15) is 12.5 Å². The first-order valence-electron chi connectivity index (χ1n) is 4.76. The van der Waals surface area contributed by atoms with Gasteiger partial charge < -0.3 is 14.6 Å². The number of ether oxygens (including phenoxy) is 2. The normalized spacial score (nSPS) is 30.3. The molecular formula is C11H12O4. The van der Waals surface area contributed by atoms with E-state index in [-0.39, 0.29) is 6.10 Å². The Hall–Kier alpha value is -1.39. The molecule has 1 saturated heterocycles. The highest BCUT2D eigenvalue weighted by Gasteiger charge is 2.49. The molecule has 4 nitrogen and oxygen atoms in total. The lowest BCUT2D eigenvalue weighted by Crippen LogP contribution is -2.37. The minimum absolute atomic E-state index is 0.207. The maximum absolute atomic E-state index is 11.2. The number of benzene rings is 1. The summed E-state index contributed by atoms with van der Waals surface area (Å²) in [4.78, 5) is 11.2. The molecule has 1 heterocycles. The third-order valence-corrected chi connectivity index (χ3v) is 2.32. The molecule has 1 aromatic rings. The van der Waals surface area contributed by atoms with Crippen molar-refractivity contribution in [3.63, 3.8) is 0 Å². The lowest BCUT2D eigenvalue weighted by atomic mass is 10.1. The largest absolute Gasteiger partial charge is 0.477 e. The lowest BCUT2D eigenvalue weighted by molar-refractivity contribution is -0.209. The van der Waals surface area contributed by atoms with Crippen molar-refractivity contribution >= 4 is 5.97 Å². The van der Waals surface area contributed by atoms with Crippen molar-refractivity contribution in [1.29, 1.82) is 0 Å². The molecule has 80 valence electrons. The molecule has 1 aromatic carbocycles. The Kier molecular flexibility index (Phi) is 2.46. The van der Waals surface area contributed by atoms with Gasteiger partial charge in [-0.2, -0.15) is 0 Å². The van der Waals surface area contributed by atoms with Crippen molar-refractivity contribution < 1.29 is 19.4 Å². The van der Waals surface area contributed by atoms with E-state index in [4.69, 9.17) is 9.47 Å². The zero-order valence-corrected chi connectivity index (χ0v) is 8.34. The second-order valence-corrected chi connectivity index (χ2v) is 3.53. The number of carboxylic acids is 1. The third-order valence-electron chi connectivity index (χ3n) is 2.32. The number of hydrogen-bond acceptors (Lipinski definition) is 3. The Labute approximate surface area is 87.4 Å². The molecule has 2 rings (SSSR count). The van der Waals surface area contributed by atoms with E-state index >= 15 is 0 Å². The summed E-state index contributed by atoms with van der Waals surface area (Å²) in [5, 5.41) is 9.18. The SMILES string of the molecule is C[C@@H]1CO[C@@](C(=O)O)(c2ccccc2)O1. The van der Waals surface area contributed by atoms with Gasteiger partial charge in [-0.3, -0.25) is 0 Å². The average Bonchev–Trinajstić information content (AvgIpc) is 2.63. The van der Waals surface area contributed by atoms with Crippen LogP contribution in [0.4, 0.5) is 0 Å². The lowest BCUT2D eigenvalue weighted by Gasteiger charge is -2.22. The fourth-order valence-electron chi connectivity index (χ4n) is 1.63. The molecular weight excluding hydrogens is 196 g/mol. The van der Waals surface area contributed by atoms with Crippen molar-refractivity contribution in [3.8, 4) is 0 Å². The highest BCUT2D eigenvalue weighted by molar-refractivity contribution is 5.78. The van der Waals surface area contributed by atoms with Gasteiger partial charge >= 0.3 is 5.97 Å². The van der Waals surface area contributed by atoms with E-state index in [2.05, 4.69) is 0 Å². The molecule has 1 aliphatic heterocycles. The Bertz CT molecular complexity index is 362. The zero-order valence-electron chi connectivity index (χ0n) is 8.34. The van der Waals surface area contributed by atoms with Crippen LogP contribution in [0.2, 0.25) is 0 Å². The maximum Gasteiger partial charge on any atom is 0.369 e. The van der Waals surface area contributed by atoms with Crippen molar-refractivity contribution in [1.82, 2.24) is 0 Å². The smallest absolute Gasteiger partial charge is 0.369 e. The van der Waals surface area contributed by atoms with Crippen molar-refractivity contribution in [3.05, 3.63) is 35.9 Å². The Morgan fingerprint density at radius 2 is 2.13 bits per heavy atom. The minimum Gasteiger partial charge on any atom is -0.477 e. The number of carboxylic acid groups (broad SMARTS) is 1. The van der Waals surface area contributed by atoms with Gasteiger partial charge in [0.05, 0.1) is 12.7 Å². The first kappa shape index (κ1) is 10.1. The molecule has 0 aromatic heterocycles. The van der Waals surface area contributed by atoms with Gasteiger partial charge in [0.15, 0.2) is 0 Å². The van der Waals surface area contributed by atoms with Crippen LogP contribution in [0, 0.1) is 0 Å². The third kappa shape index (κ3) is 1.62. The van der Waals surface area contributed by atoms with Gasteiger partial charge in [0.2, 0.25) is 0 Å². The molecule has 0 saturated carbocycles. The molecule has 0 unspecified atom stereocenters. The van der Waals surface area contributed by atoms with Crippen LogP contribution in [0.15, 0.2) is 30.3 Å². The molecule has 0 amide bonds. The number of hydrogen-bond donors (Lipinski definition) is 1. The Morgan fingerprint density at radius 3 is 2.60 bits per heavy atom. The summed E-state index contributed by atoms with van der Waals surface area (Å²) in [7, 11) is 0. The molecule has 0 bridgehead atoms. The van der Waals surface area contributed by atoms with Gasteiger partial charge in [0.25, 0.3) is 5.79 Å². The van der Waals surface area contributed by atoms with Crippen LogP contribution in [0.25, 0.3) is 0 Å². The minimum atomic E-state index is -1.62. The summed E-state index contributed by atoms with van der Waals surface area (Å²) in [6.07, 6.45) is -0.207. The zero-order chi connectivity index (χ0) is 10.9. The maximum atomic E-state index is 11.2. The molecule has 0 radical (unpaired) electrons. The standard InChI is InChI=1S/C11H12O4/c1-8-7-14-11(15-8,10(12)13)9-5-3-2-4-6-9/h2-6,8H,7H2,1H3,(H,12,13)/t8-,11+/m1/s1. The topological polar surface area (TPSA) is 55.8 Å². The van der Waals surface area contributed by atoms with E-state index in [1.165, 1.54) is 0 Å². The number of carbonyl (C=O) groups is 1. The van der Waals surface area contributed by atoms with Crippen LogP contribution in [-0.2, 0) is 20.1 Å². The first-order chi connectivity index (χ1) is 7.15. The van der Waals surface area contributed by atoms with E-state index < -0.39 is 11.8 Å². The molecule has 15 heavy (non-hydrogen) atoms. The van der Waals surface area contributed by atoms with Crippen LogP contribution in [-0.4, -0.2) is 23.8 Å². The Morgan fingerprint density at radius 1 is 1.47 bits per heavy atom. The summed E-state index contributed by atoms with van der Waals surface area (Å²) in [6, 6.07) is 8.71. The summed E-state index contributed by atoms with van der Waals surface area (Å²) in [5.74, 6) is -2.74. The predicted octanol–water partition coefficient (Wildman–Crippen LogP) is 1.36. The molecule has 1 aliphatic rings. The average molecular weight is 208 g/mol. The molecule has 4 heteroatoms. The van der Waals surface area contributed by atoms with Crippen LogP contribution in [0.5, 0.6) is 0 Å². The number of rotatable bonds is 2. The monoisotopic (exact) mass is 208 g/mol. The van der Waals surface area contributed by atoms with Crippen LogP contribution in [0.3, 0.4) is 0 Å². The van der Waals surface area contributed by atoms with Gasteiger partial charge in [0.1, 0.15) is 0 Å². The van der Waals surface area contributed by atoms with E-state index in [0.29, 0.717) is 12.2 Å². The van der Waals surface area contributed by atoms with Gasteiger partial charge in [-0.15, -0.1) is 0 Å². The molecule has 2 atom stereocenters. The van der Waals surface area contributed by atoms with Crippen molar-refractivity contribution in [2.24, 2.45) is 0 Å². The molecule has 0 spiro atoms. The van der Waals surface area contributed by atoms with Crippen LogP contribution < -0.4 is 0 Å². The van der Waals surface area contributed by atoms with E-state index in [1.807, 2.05) is 6.07 Å². The van der Waals surface area contributed by atoms with Gasteiger partial charge in [-0.1, -0.05) is 30.3 Å². The highest BCUT2D eigenvalue weighted by Crippen LogP contribution is 2.34. The second-order valence-electron chi connectivity index (χ2n) is 3.53. The summed E-state index contributed by atoms with van der Waals surface area (Å²) >= 11 is 0. The summed E-state index contributed by atoms with van der Waals surface area (Å²) in [6.45, 7) is 2.08. The first-order valence-corrected chi connectivity index (χ1v) is 4.76. The number of aliphatic carboxylic acids is 1. The van der Waals surface area contributed by atoms with Gasteiger partial charge in [-0.05, 0) is 6.92 Å². The fourth-order valence-corrected chi connectivity index (χ4v) is 1.63. The van der Waals surface area contributed by atoms with Crippen LogP contribution >= 0.6 is 0 Å². The molecule has 1 fully saturated rings.